The number of hydrogen-bond acceptors (Lipinski definition) is 3. The van der Waals surface area contributed by atoms with Crippen LogP contribution in [-0.4, -0.2) is 5.26 Å². The first-order chi connectivity index (χ1) is 10.4. The van der Waals surface area contributed by atoms with Crippen molar-refractivity contribution < 1.29 is 14.9 Å². The van der Waals surface area contributed by atoms with Gasteiger partial charge in [0, 0.05) is 15.6 Å². The van der Waals surface area contributed by atoms with E-state index >= 15 is 0 Å². The molecule has 0 saturated heterocycles. The van der Waals surface area contributed by atoms with Crippen LogP contribution in [0.3, 0.4) is 0 Å². The van der Waals surface area contributed by atoms with Crippen molar-refractivity contribution in [3.8, 4) is 0 Å². The quantitative estimate of drug-likeness (QED) is 0.562. The summed E-state index contributed by atoms with van der Waals surface area (Å²) >= 11 is 12.6. The van der Waals surface area contributed by atoms with Crippen molar-refractivity contribution in [3.63, 3.8) is 0 Å². The van der Waals surface area contributed by atoms with Crippen LogP contribution in [0.4, 0.5) is 0 Å². The van der Waals surface area contributed by atoms with Gasteiger partial charge in [-0.05, 0) is 37.1 Å². The van der Waals surface area contributed by atoms with E-state index in [1.807, 2.05) is 30.3 Å². The van der Waals surface area contributed by atoms with Crippen LogP contribution in [0.1, 0.15) is 30.5 Å². The van der Waals surface area contributed by atoms with Crippen LogP contribution in [-0.2, 0) is 28.4 Å². The Bertz CT molecular complexity index is 604. The third kappa shape index (κ3) is 4.22. The van der Waals surface area contributed by atoms with E-state index in [0.717, 1.165) is 11.1 Å². The SMILES string of the molecule is CC(C)(OO)c1cc(Cl)c(COCc2ccccc2)c(Cl)c1. The first-order valence-corrected chi connectivity index (χ1v) is 7.62. The molecule has 2 aromatic rings. The molecule has 0 aromatic heterocycles. The second-order valence-electron chi connectivity index (χ2n) is 5.50. The van der Waals surface area contributed by atoms with Crippen molar-refractivity contribution in [1.82, 2.24) is 0 Å². The van der Waals surface area contributed by atoms with E-state index in [-0.39, 0.29) is 0 Å². The van der Waals surface area contributed by atoms with Gasteiger partial charge in [-0.3, -0.25) is 5.26 Å². The van der Waals surface area contributed by atoms with E-state index in [9.17, 15) is 0 Å². The molecule has 0 heterocycles. The summed E-state index contributed by atoms with van der Waals surface area (Å²) in [7, 11) is 0. The first-order valence-electron chi connectivity index (χ1n) is 6.86. The van der Waals surface area contributed by atoms with Crippen molar-refractivity contribution in [2.24, 2.45) is 0 Å². The van der Waals surface area contributed by atoms with E-state index in [0.29, 0.717) is 28.8 Å². The van der Waals surface area contributed by atoms with Gasteiger partial charge in [0.1, 0.15) is 5.60 Å². The largest absolute Gasteiger partial charge is 0.372 e. The van der Waals surface area contributed by atoms with Gasteiger partial charge in [0.15, 0.2) is 0 Å². The topological polar surface area (TPSA) is 38.7 Å². The summed E-state index contributed by atoms with van der Waals surface area (Å²) in [6, 6.07) is 13.3. The molecule has 0 unspecified atom stereocenters. The summed E-state index contributed by atoms with van der Waals surface area (Å²) < 4.78 is 5.67. The maximum Gasteiger partial charge on any atom is 0.123 e. The van der Waals surface area contributed by atoms with Gasteiger partial charge in [-0.2, -0.15) is 0 Å². The molecule has 0 amide bonds. The van der Waals surface area contributed by atoms with Crippen LogP contribution in [0.15, 0.2) is 42.5 Å². The number of ether oxygens (including phenoxy) is 1. The highest BCUT2D eigenvalue weighted by Gasteiger charge is 2.24. The highest BCUT2D eigenvalue weighted by atomic mass is 35.5. The third-order valence-electron chi connectivity index (χ3n) is 3.42. The highest BCUT2D eigenvalue weighted by molar-refractivity contribution is 6.36. The Hall–Kier alpha value is -1.10. The molecule has 0 spiro atoms. The van der Waals surface area contributed by atoms with E-state index in [1.54, 1.807) is 26.0 Å². The number of halogens is 2. The lowest BCUT2D eigenvalue weighted by molar-refractivity contribution is -0.318. The molecular formula is C17H18Cl2O3. The summed E-state index contributed by atoms with van der Waals surface area (Å²) in [6.07, 6.45) is 0. The zero-order valence-electron chi connectivity index (χ0n) is 12.5. The van der Waals surface area contributed by atoms with Crippen LogP contribution in [0.2, 0.25) is 10.0 Å². The fourth-order valence-electron chi connectivity index (χ4n) is 1.99. The Balaban J connectivity index is 2.09. The molecule has 0 atom stereocenters. The molecule has 0 aliphatic heterocycles. The second-order valence-corrected chi connectivity index (χ2v) is 6.31. The molecule has 118 valence electrons. The van der Waals surface area contributed by atoms with E-state index in [4.69, 9.17) is 33.2 Å². The Morgan fingerprint density at radius 1 is 1.00 bits per heavy atom. The molecule has 0 saturated carbocycles. The molecule has 0 radical (unpaired) electrons. The molecule has 0 bridgehead atoms. The summed E-state index contributed by atoms with van der Waals surface area (Å²) in [5, 5.41) is 9.93. The van der Waals surface area contributed by atoms with Crippen LogP contribution >= 0.6 is 23.2 Å². The average molecular weight is 341 g/mol. The average Bonchev–Trinajstić information content (AvgIpc) is 2.50. The molecule has 1 N–H and O–H groups in total. The standard InChI is InChI=1S/C17H18Cl2O3/c1-17(2,22-20)13-8-15(18)14(16(19)9-13)11-21-10-12-6-4-3-5-7-12/h3-9,20H,10-11H2,1-2H3. The smallest absolute Gasteiger partial charge is 0.123 e. The maximum atomic E-state index is 8.96. The zero-order chi connectivity index (χ0) is 16.2. The van der Waals surface area contributed by atoms with Gasteiger partial charge in [0.25, 0.3) is 0 Å². The summed E-state index contributed by atoms with van der Waals surface area (Å²) in [6.45, 7) is 4.24. The third-order valence-corrected chi connectivity index (χ3v) is 4.10. The molecule has 0 aliphatic rings. The lowest BCUT2D eigenvalue weighted by Gasteiger charge is -2.22. The Kier molecular flexibility index (Phi) is 5.84. The molecule has 2 rings (SSSR count). The van der Waals surface area contributed by atoms with Crippen molar-refractivity contribution in [2.45, 2.75) is 32.7 Å². The lowest BCUT2D eigenvalue weighted by Crippen LogP contribution is -2.20. The van der Waals surface area contributed by atoms with Crippen LogP contribution in [0.5, 0.6) is 0 Å². The van der Waals surface area contributed by atoms with Gasteiger partial charge >= 0.3 is 0 Å². The first kappa shape index (κ1) is 17.3. The molecule has 0 fully saturated rings. The fraction of sp³-hybridized carbons (Fsp3) is 0.294. The van der Waals surface area contributed by atoms with E-state index in [2.05, 4.69) is 4.89 Å². The Morgan fingerprint density at radius 2 is 1.59 bits per heavy atom. The van der Waals surface area contributed by atoms with Crippen LogP contribution < -0.4 is 0 Å². The number of hydrogen-bond donors (Lipinski definition) is 1. The van der Waals surface area contributed by atoms with Gasteiger partial charge in [-0.15, -0.1) is 0 Å². The van der Waals surface area contributed by atoms with E-state index < -0.39 is 5.60 Å². The predicted octanol–water partition coefficient (Wildman–Crippen LogP) is 5.43. The molecule has 5 heteroatoms. The molecule has 0 aliphatic carbocycles. The van der Waals surface area contributed by atoms with Crippen LogP contribution in [0, 0.1) is 0 Å². The molecular weight excluding hydrogens is 323 g/mol. The molecule has 2 aromatic carbocycles. The predicted molar refractivity (Wildman–Crippen MR) is 88.1 cm³/mol. The molecule has 3 nitrogen and oxygen atoms in total. The van der Waals surface area contributed by atoms with Gasteiger partial charge in [0.2, 0.25) is 0 Å². The van der Waals surface area contributed by atoms with Gasteiger partial charge in [0.05, 0.1) is 13.2 Å². The van der Waals surface area contributed by atoms with Gasteiger partial charge < -0.3 is 4.74 Å². The summed E-state index contributed by atoms with van der Waals surface area (Å²) in [5.74, 6) is 0. The summed E-state index contributed by atoms with van der Waals surface area (Å²) in [4.78, 5) is 4.46. The van der Waals surface area contributed by atoms with Crippen molar-refractivity contribution in [3.05, 3.63) is 69.2 Å². The van der Waals surface area contributed by atoms with Crippen molar-refractivity contribution >= 4 is 23.2 Å². The fourth-order valence-corrected chi connectivity index (χ4v) is 2.58. The van der Waals surface area contributed by atoms with Crippen molar-refractivity contribution in [1.29, 1.82) is 0 Å². The normalized spacial score (nSPS) is 11.7. The minimum absolute atomic E-state index is 0.313. The minimum atomic E-state index is -0.878. The van der Waals surface area contributed by atoms with Gasteiger partial charge in [-0.1, -0.05) is 53.5 Å². The van der Waals surface area contributed by atoms with Crippen molar-refractivity contribution in [2.75, 3.05) is 0 Å². The second kappa shape index (κ2) is 7.44. The Morgan fingerprint density at radius 3 is 2.14 bits per heavy atom. The summed E-state index contributed by atoms with van der Waals surface area (Å²) in [5.41, 5.74) is 1.62. The minimum Gasteiger partial charge on any atom is -0.372 e. The zero-order valence-corrected chi connectivity index (χ0v) is 14.0. The number of benzene rings is 2. The van der Waals surface area contributed by atoms with E-state index in [1.165, 1.54) is 0 Å². The van der Waals surface area contributed by atoms with Crippen LogP contribution in [0.25, 0.3) is 0 Å². The maximum absolute atomic E-state index is 8.96. The molecule has 22 heavy (non-hydrogen) atoms. The Labute approximate surface area is 140 Å². The number of rotatable bonds is 6. The van der Waals surface area contributed by atoms with Gasteiger partial charge in [-0.25, -0.2) is 4.89 Å². The monoisotopic (exact) mass is 340 g/mol. The highest BCUT2D eigenvalue weighted by Crippen LogP contribution is 2.33. The lowest BCUT2D eigenvalue weighted by atomic mass is 9.97.